The zero-order chi connectivity index (χ0) is 49.4. The molecule has 9 aromatic rings. The first-order valence-electron chi connectivity index (χ1n) is 23.5. The fourth-order valence-corrected chi connectivity index (χ4v) is 6.89. The monoisotopic (exact) mass is 958 g/mol. The van der Waals surface area contributed by atoms with Crippen LogP contribution in [0, 0.1) is 38.1 Å². The summed E-state index contributed by atoms with van der Waals surface area (Å²) in [6.07, 6.45) is -3.65. The summed E-state index contributed by atoms with van der Waals surface area (Å²) in [6.45, 7) is -2.31. The van der Waals surface area contributed by atoms with Gasteiger partial charge in [0.1, 0.15) is 5.58 Å². The van der Waals surface area contributed by atoms with Gasteiger partial charge in [-0.1, -0.05) is 111 Å². The first-order chi connectivity index (χ1) is 31.6. The van der Waals surface area contributed by atoms with E-state index in [4.69, 9.17) is 19.5 Å². The van der Waals surface area contributed by atoms with Crippen molar-refractivity contribution in [3.05, 3.63) is 168 Å². The number of halogens is 3. The Kier molecular flexibility index (Phi) is 7.91. The van der Waals surface area contributed by atoms with E-state index < -0.39 is 49.6 Å². The average molecular weight is 958 g/mol. The molecular formula is C51H41F3IrN2O-2. The molecule has 0 amide bonds. The van der Waals surface area contributed by atoms with Gasteiger partial charge in [0.2, 0.25) is 0 Å². The van der Waals surface area contributed by atoms with Crippen molar-refractivity contribution >= 4 is 43.5 Å². The standard InChI is InChI=1S/C34H21F3NO.C17H20N.Ir/c1-19-16-23(34(35,36)37)13-15-24(19)29-17-30(38-18-20(29)2)28-9-5-8-26-27-14-12-22-11-10-21-6-3-4-7-25(21)31(22)33(27)39-32(26)28;1-13-5-8-15(9-6-13)16-10-7-14(12-18-16)11-17(2,3)4;/h3-8,10-18H,1-2H3;5-8,10,12H,11H2,1-4H3;/q2*-1;/i1D3,2D3;1D3,11D2;. The number of aromatic nitrogens is 2. The second-order valence-electron chi connectivity index (χ2n) is 14.7. The number of hydrogen-bond acceptors (Lipinski definition) is 3. The Morgan fingerprint density at radius 3 is 2.19 bits per heavy atom. The fourth-order valence-electron chi connectivity index (χ4n) is 6.89. The molecule has 9 rings (SSSR count). The molecule has 0 saturated heterocycles. The number of hydrogen-bond donors (Lipinski definition) is 0. The Morgan fingerprint density at radius 1 is 0.690 bits per heavy atom. The molecule has 3 aromatic heterocycles. The van der Waals surface area contributed by atoms with Crippen molar-refractivity contribution in [3.8, 4) is 33.6 Å². The van der Waals surface area contributed by atoms with Crippen molar-refractivity contribution < 1.29 is 52.8 Å². The van der Waals surface area contributed by atoms with Crippen LogP contribution in [0.4, 0.5) is 13.2 Å². The molecule has 0 atom stereocenters. The van der Waals surface area contributed by atoms with E-state index in [0.717, 1.165) is 50.6 Å². The average Bonchev–Trinajstić information content (AvgIpc) is 3.66. The van der Waals surface area contributed by atoms with Gasteiger partial charge in [0, 0.05) is 58.3 Å². The number of pyridine rings is 2. The normalized spacial score (nSPS) is 15.5. The first kappa shape index (κ1) is 28.7. The molecule has 3 nitrogen and oxygen atoms in total. The van der Waals surface area contributed by atoms with Crippen LogP contribution in [0.3, 0.4) is 0 Å². The number of benzene rings is 6. The maximum atomic E-state index is 13.6. The van der Waals surface area contributed by atoms with Gasteiger partial charge in [0.15, 0.2) is 0 Å². The summed E-state index contributed by atoms with van der Waals surface area (Å²) in [5.41, 5.74) is 0.909. The number of rotatable bonds is 4. The van der Waals surface area contributed by atoms with Gasteiger partial charge in [0.25, 0.3) is 0 Å². The quantitative estimate of drug-likeness (QED) is 0.130. The fraction of sp³-hybridized carbons (Fsp3) is 0.176. The summed E-state index contributed by atoms with van der Waals surface area (Å²) in [6, 6.07) is 37.4. The molecule has 0 saturated carbocycles. The first-order valence-corrected chi connectivity index (χ1v) is 18.0. The SMILES string of the molecule is [2H]C([2H])([2H])c1c[c-]c(-c2ccc(C([2H])([2H])C(C)(C)C)cn2)cc1.[2H]C([2H])([2H])c1cnc(-c2[c-]ccc3c2oc2c3ccc3ccc4ccccc4c32)cc1-c1ccc(C(F)(F)F)cc1C([2H])([2H])[2H].[Ir]. The zero-order valence-electron chi connectivity index (χ0n) is 42.4. The Hall–Kier alpha value is -5.62. The van der Waals surface area contributed by atoms with E-state index in [1.54, 1.807) is 30.3 Å². The molecule has 0 fully saturated rings. The molecular weight excluding hydrogens is 906 g/mol. The molecule has 6 aromatic carbocycles. The van der Waals surface area contributed by atoms with E-state index in [0.29, 0.717) is 39.6 Å². The van der Waals surface area contributed by atoms with Gasteiger partial charge in [-0.05, 0) is 93.0 Å². The van der Waals surface area contributed by atoms with Crippen molar-refractivity contribution in [1.82, 2.24) is 9.97 Å². The Balaban J connectivity index is 0.000000248. The third-order valence-electron chi connectivity index (χ3n) is 9.47. The van der Waals surface area contributed by atoms with E-state index in [9.17, 15) is 13.2 Å². The molecule has 58 heavy (non-hydrogen) atoms. The molecule has 3 heterocycles. The molecule has 0 spiro atoms. The van der Waals surface area contributed by atoms with Crippen LogP contribution in [-0.4, -0.2) is 9.97 Å². The van der Waals surface area contributed by atoms with Gasteiger partial charge < -0.3 is 14.4 Å². The van der Waals surface area contributed by atoms with Crippen LogP contribution >= 0.6 is 0 Å². The van der Waals surface area contributed by atoms with Crippen molar-refractivity contribution in [3.63, 3.8) is 0 Å². The van der Waals surface area contributed by atoms with Crippen molar-refractivity contribution in [2.75, 3.05) is 0 Å². The predicted octanol–water partition coefficient (Wildman–Crippen LogP) is 14.5. The third kappa shape index (κ3) is 8.20. The summed E-state index contributed by atoms with van der Waals surface area (Å²) < 4.78 is 134. The van der Waals surface area contributed by atoms with Crippen molar-refractivity contribution in [1.29, 1.82) is 0 Å². The van der Waals surface area contributed by atoms with Crippen LogP contribution < -0.4 is 0 Å². The van der Waals surface area contributed by atoms with E-state index in [2.05, 4.69) is 22.1 Å². The Labute approximate surface area is 365 Å². The van der Waals surface area contributed by atoms with E-state index in [-0.39, 0.29) is 48.1 Å². The maximum absolute atomic E-state index is 13.6. The Bertz CT molecular complexity index is 3360. The van der Waals surface area contributed by atoms with Gasteiger partial charge in [-0.3, -0.25) is 0 Å². The molecule has 0 aliphatic rings. The predicted molar refractivity (Wildman–Crippen MR) is 227 cm³/mol. The van der Waals surface area contributed by atoms with Gasteiger partial charge in [0.05, 0.1) is 11.1 Å². The second kappa shape index (κ2) is 16.0. The van der Waals surface area contributed by atoms with Gasteiger partial charge in [-0.15, -0.1) is 53.6 Å². The molecule has 0 aliphatic heterocycles. The minimum Gasteiger partial charge on any atom is -0.500 e. The molecule has 1 radical (unpaired) electrons. The van der Waals surface area contributed by atoms with Crippen LogP contribution in [0.2, 0.25) is 0 Å². The summed E-state index contributed by atoms with van der Waals surface area (Å²) >= 11 is 0. The molecule has 293 valence electrons. The Morgan fingerprint density at radius 2 is 1.47 bits per heavy atom. The van der Waals surface area contributed by atoms with Crippen LogP contribution in [-0.2, 0) is 32.7 Å². The minimum absolute atomic E-state index is 0. The van der Waals surface area contributed by atoms with Gasteiger partial charge in [-0.2, -0.15) is 13.2 Å². The molecule has 7 heteroatoms. The van der Waals surface area contributed by atoms with E-state index in [1.807, 2.05) is 75.4 Å². The van der Waals surface area contributed by atoms with Gasteiger partial charge in [-0.25, -0.2) is 0 Å². The molecule has 0 N–H and O–H groups in total. The van der Waals surface area contributed by atoms with Crippen LogP contribution in [0.25, 0.3) is 77.1 Å². The van der Waals surface area contributed by atoms with Crippen LogP contribution in [0.5, 0.6) is 0 Å². The van der Waals surface area contributed by atoms with E-state index in [1.165, 1.54) is 18.3 Å². The summed E-state index contributed by atoms with van der Waals surface area (Å²) in [7, 11) is 0. The summed E-state index contributed by atoms with van der Waals surface area (Å²) in [5, 5.41) is 5.55. The smallest absolute Gasteiger partial charge is 0.416 e. The number of furan rings is 1. The summed E-state index contributed by atoms with van der Waals surface area (Å²) in [4.78, 5) is 8.72. The molecule has 0 unspecified atom stereocenters. The summed E-state index contributed by atoms with van der Waals surface area (Å²) in [5.74, 6) is 0. The zero-order valence-corrected chi connectivity index (χ0v) is 33.8. The number of nitrogens with zero attached hydrogens (tertiary/aromatic N) is 2. The third-order valence-corrected chi connectivity index (χ3v) is 9.47. The number of alkyl halides is 3. The number of fused-ring (bicyclic) bond motifs is 7. The maximum Gasteiger partial charge on any atom is 0.416 e. The second-order valence-corrected chi connectivity index (χ2v) is 14.7. The van der Waals surface area contributed by atoms with Crippen LogP contribution in [0.15, 0.2) is 132 Å². The van der Waals surface area contributed by atoms with E-state index >= 15 is 0 Å². The van der Waals surface area contributed by atoms with Crippen molar-refractivity contribution in [2.24, 2.45) is 5.41 Å². The van der Waals surface area contributed by atoms with Gasteiger partial charge >= 0.3 is 6.18 Å². The van der Waals surface area contributed by atoms with Crippen LogP contribution in [0.1, 0.15) is 63.7 Å². The molecule has 0 aliphatic carbocycles. The molecule has 0 bridgehead atoms. The largest absolute Gasteiger partial charge is 0.500 e. The number of aryl methyl sites for hydroxylation is 3. The van der Waals surface area contributed by atoms with Crippen molar-refractivity contribution in [2.45, 2.75) is 53.9 Å². The topological polar surface area (TPSA) is 38.9 Å². The minimum atomic E-state index is -4.80.